The summed E-state index contributed by atoms with van der Waals surface area (Å²) in [7, 11) is -4.77. The number of ether oxygens (including phenoxy) is 1. The van der Waals surface area contributed by atoms with Crippen LogP contribution in [-0.2, 0) is 13.8 Å². The average Bonchev–Trinajstić information content (AvgIpc) is 3.03. The lowest BCUT2D eigenvalue weighted by Crippen LogP contribution is -2.40. The van der Waals surface area contributed by atoms with Crippen molar-refractivity contribution in [3.05, 3.63) is 12.0 Å². The molecule has 24 heavy (non-hydrogen) atoms. The van der Waals surface area contributed by atoms with E-state index in [1.165, 1.54) is 0 Å². The van der Waals surface area contributed by atoms with Gasteiger partial charge in [0.1, 0.15) is 30.3 Å². The van der Waals surface area contributed by atoms with Crippen LogP contribution in [0.4, 0.5) is 5.82 Å². The zero-order chi connectivity index (χ0) is 18.1. The van der Waals surface area contributed by atoms with E-state index < -0.39 is 44.8 Å². The monoisotopic (exact) mass is 365 g/mol. The number of nitrogens with one attached hydrogen (secondary N) is 1. The first-order chi connectivity index (χ1) is 11.1. The number of phosphoric ester groups is 1. The van der Waals surface area contributed by atoms with Gasteiger partial charge in [0.15, 0.2) is 11.5 Å². The van der Waals surface area contributed by atoms with Crippen molar-refractivity contribution in [3.63, 3.8) is 0 Å². The summed E-state index contributed by atoms with van der Waals surface area (Å²) < 4.78 is 20.1. The van der Waals surface area contributed by atoms with Gasteiger partial charge in [-0.25, -0.2) is 14.5 Å². The van der Waals surface area contributed by atoms with E-state index >= 15 is 0 Å². The van der Waals surface area contributed by atoms with Crippen molar-refractivity contribution < 1.29 is 38.6 Å². The highest BCUT2D eigenvalue weighted by Crippen LogP contribution is 2.37. The maximum absolute atomic E-state index is 11.2. The lowest BCUT2D eigenvalue weighted by atomic mass is 10.1. The standard InChI is InChI=1S/C10H16N5O8P/c11-8(15-10-4(9(12)18)13-2-14-10)7-6(17)5(16)3(23-7)1-22-24(19,20)21/h2-3,5-7,16-17H,1H2,(H2,11,15)(H2,12,18)(H,13,14)(H2,19,20,21)/t3-,5-,6-,7?/m1/s1. The number of aliphatic imine (C=N–C) groups is 1. The highest BCUT2D eigenvalue weighted by atomic mass is 31.2. The molecule has 1 aliphatic rings. The predicted octanol–water partition coefficient (Wildman–Crippen LogP) is -2.90. The van der Waals surface area contributed by atoms with E-state index in [-0.39, 0.29) is 17.3 Å². The minimum absolute atomic E-state index is 0.118. The molecule has 1 unspecified atom stereocenters. The van der Waals surface area contributed by atoms with Crippen LogP contribution in [0.15, 0.2) is 11.3 Å². The summed E-state index contributed by atoms with van der Waals surface area (Å²) >= 11 is 0. The molecule has 1 aliphatic heterocycles. The van der Waals surface area contributed by atoms with Crippen molar-refractivity contribution in [1.29, 1.82) is 0 Å². The Morgan fingerprint density at radius 2 is 2.08 bits per heavy atom. The minimum atomic E-state index is -4.77. The summed E-state index contributed by atoms with van der Waals surface area (Å²) in [5.74, 6) is -1.30. The molecule has 2 heterocycles. The molecular weight excluding hydrogens is 349 g/mol. The van der Waals surface area contributed by atoms with Crippen molar-refractivity contribution >= 4 is 25.4 Å². The van der Waals surface area contributed by atoms with E-state index in [1.54, 1.807) is 0 Å². The fourth-order valence-electron chi connectivity index (χ4n) is 2.04. The lowest BCUT2D eigenvalue weighted by molar-refractivity contribution is -0.0100. The molecule has 0 aliphatic carbocycles. The van der Waals surface area contributed by atoms with Gasteiger partial charge in [-0.2, -0.15) is 0 Å². The second-order valence-corrected chi connectivity index (χ2v) is 6.10. The van der Waals surface area contributed by atoms with Crippen LogP contribution in [0.1, 0.15) is 10.5 Å². The van der Waals surface area contributed by atoms with Gasteiger partial charge in [-0.05, 0) is 0 Å². The molecule has 4 atom stereocenters. The fourth-order valence-corrected chi connectivity index (χ4v) is 2.38. The number of H-pyrrole nitrogens is 1. The maximum Gasteiger partial charge on any atom is 0.469 e. The molecule has 0 saturated carbocycles. The summed E-state index contributed by atoms with van der Waals surface area (Å²) in [4.78, 5) is 38.5. The smallest absolute Gasteiger partial charge is 0.387 e. The number of nitrogens with two attached hydrogens (primary N) is 2. The summed E-state index contributed by atoms with van der Waals surface area (Å²) in [6.07, 6.45) is -4.45. The average molecular weight is 365 g/mol. The van der Waals surface area contributed by atoms with Crippen LogP contribution in [0, 0.1) is 0 Å². The molecule has 13 nitrogen and oxygen atoms in total. The number of nitrogens with zero attached hydrogens (tertiary/aromatic N) is 2. The first kappa shape index (κ1) is 18.5. The number of carbonyl (C=O) groups excluding carboxylic acids is 1. The van der Waals surface area contributed by atoms with Gasteiger partial charge in [-0.1, -0.05) is 0 Å². The highest BCUT2D eigenvalue weighted by Gasteiger charge is 2.45. The molecule has 1 saturated heterocycles. The zero-order valence-corrected chi connectivity index (χ0v) is 12.9. The molecule has 9 N–H and O–H groups in total. The first-order valence-corrected chi connectivity index (χ1v) is 8.02. The summed E-state index contributed by atoms with van der Waals surface area (Å²) in [5.41, 5.74) is 10.7. The topological polar surface area (TPSA) is 227 Å². The number of hydrogen-bond donors (Lipinski definition) is 7. The summed E-state index contributed by atoms with van der Waals surface area (Å²) in [6.45, 7) is -0.679. The number of aliphatic hydroxyl groups excluding tert-OH is 2. The number of primary amides is 1. The Balaban J connectivity index is 2.13. The quantitative estimate of drug-likeness (QED) is 0.154. The molecule has 0 aromatic carbocycles. The lowest BCUT2D eigenvalue weighted by Gasteiger charge is -2.14. The Kier molecular flexibility index (Phi) is 5.35. The molecule has 14 heteroatoms. The summed E-state index contributed by atoms with van der Waals surface area (Å²) in [6, 6.07) is 0. The number of hydrogen-bond acceptors (Lipinski definition) is 8. The second kappa shape index (κ2) is 6.94. The van der Waals surface area contributed by atoms with Gasteiger partial charge in [0.2, 0.25) is 0 Å². The number of aromatic nitrogens is 2. The molecule has 0 radical (unpaired) electrons. The van der Waals surface area contributed by atoms with Crippen LogP contribution in [-0.4, -0.2) is 72.7 Å². The number of aliphatic hydroxyl groups is 2. The van der Waals surface area contributed by atoms with Crippen molar-refractivity contribution in [3.8, 4) is 0 Å². The number of carbonyl (C=O) groups is 1. The Hall–Kier alpha value is -1.86. The maximum atomic E-state index is 11.2. The molecule has 0 bridgehead atoms. The molecule has 1 fully saturated rings. The summed E-state index contributed by atoms with van der Waals surface area (Å²) in [5, 5.41) is 19.8. The Bertz CT molecular complexity index is 687. The van der Waals surface area contributed by atoms with Gasteiger partial charge in [0.05, 0.1) is 12.9 Å². The third kappa shape index (κ3) is 4.15. The molecule has 1 aromatic rings. The fraction of sp³-hybridized carbons (Fsp3) is 0.500. The molecule has 1 amide bonds. The van der Waals surface area contributed by atoms with Crippen LogP contribution >= 0.6 is 7.82 Å². The molecule has 134 valence electrons. The Morgan fingerprint density at radius 1 is 1.42 bits per heavy atom. The van der Waals surface area contributed by atoms with Crippen LogP contribution in [0.2, 0.25) is 0 Å². The predicted molar refractivity (Wildman–Crippen MR) is 77.1 cm³/mol. The number of imidazole rings is 1. The Labute approximate surface area is 134 Å². The van der Waals surface area contributed by atoms with E-state index in [2.05, 4.69) is 19.5 Å². The molecule has 1 aromatic heterocycles. The third-order valence-corrected chi connectivity index (χ3v) is 3.65. The van der Waals surface area contributed by atoms with Gasteiger partial charge in [0, 0.05) is 0 Å². The SMILES string of the molecule is NC(=O)c1[nH]cnc1N=C(N)C1O[C@H](COP(=O)(O)O)[C@@H](O)[C@H]1O. The highest BCUT2D eigenvalue weighted by molar-refractivity contribution is 7.46. The van der Waals surface area contributed by atoms with E-state index in [4.69, 9.17) is 26.0 Å². The van der Waals surface area contributed by atoms with Crippen LogP contribution in [0.25, 0.3) is 0 Å². The number of amides is 1. The minimum Gasteiger partial charge on any atom is -0.387 e. The molecular formula is C10H16N5O8P. The van der Waals surface area contributed by atoms with Crippen LogP contribution < -0.4 is 11.5 Å². The van der Waals surface area contributed by atoms with E-state index in [0.29, 0.717) is 0 Å². The molecule has 0 spiro atoms. The van der Waals surface area contributed by atoms with Crippen molar-refractivity contribution in [2.75, 3.05) is 6.61 Å². The normalized spacial score (nSPS) is 28.2. The van der Waals surface area contributed by atoms with Gasteiger partial charge >= 0.3 is 7.82 Å². The van der Waals surface area contributed by atoms with Crippen molar-refractivity contribution in [2.24, 2.45) is 16.5 Å². The molecule has 2 rings (SSSR count). The van der Waals surface area contributed by atoms with E-state index in [9.17, 15) is 19.6 Å². The van der Waals surface area contributed by atoms with Gasteiger partial charge in [-0.15, -0.1) is 0 Å². The van der Waals surface area contributed by atoms with Gasteiger partial charge < -0.3 is 41.2 Å². The largest absolute Gasteiger partial charge is 0.469 e. The first-order valence-electron chi connectivity index (χ1n) is 6.49. The Morgan fingerprint density at radius 3 is 2.67 bits per heavy atom. The number of phosphoric acid groups is 1. The van der Waals surface area contributed by atoms with E-state index in [1.807, 2.05) is 0 Å². The van der Waals surface area contributed by atoms with E-state index in [0.717, 1.165) is 6.33 Å². The van der Waals surface area contributed by atoms with Crippen molar-refractivity contribution in [2.45, 2.75) is 24.4 Å². The van der Waals surface area contributed by atoms with Crippen LogP contribution in [0.3, 0.4) is 0 Å². The van der Waals surface area contributed by atoms with Gasteiger partial charge in [-0.3, -0.25) is 9.32 Å². The number of amidine groups is 1. The van der Waals surface area contributed by atoms with Crippen molar-refractivity contribution in [1.82, 2.24) is 9.97 Å². The number of aromatic amines is 1. The zero-order valence-electron chi connectivity index (χ0n) is 12.0. The third-order valence-electron chi connectivity index (χ3n) is 3.16. The number of rotatable bonds is 6. The second-order valence-electron chi connectivity index (χ2n) is 4.86. The van der Waals surface area contributed by atoms with Gasteiger partial charge in [0.25, 0.3) is 5.91 Å². The van der Waals surface area contributed by atoms with Crippen LogP contribution in [0.5, 0.6) is 0 Å².